The van der Waals surface area contributed by atoms with Crippen LogP contribution in [0.25, 0.3) is 0 Å². The third-order valence-corrected chi connectivity index (χ3v) is 5.13. The summed E-state index contributed by atoms with van der Waals surface area (Å²) in [7, 11) is 0. The summed E-state index contributed by atoms with van der Waals surface area (Å²) in [6, 6.07) is 6.64. The summed E-state index contributed by atoms with van der Waals surface area (Å²) < 4.78 is 0. The van der Waals surface area contributed by atoms with E-state index in [1.807, 2.05) is 26.0 Å². The minimum atomic E-state index is -0.917. The van der Waals surface area contributed by atoms with Gasteiger partial charge in [0.2, 0.25) is 5.91 Å². The molecule has 0 saturated heterocycles. The number of rotatable bonds is 6. The van der Waals surface area contributed by atoms with Gasteiger partial charge in [0.05, 0.1) is 11.8 Å². The maximum absolute atomic E-state index is 12.6. The number of aliphatic carboxylic acids is 1. The summed E-state index contributed by atoms with van der Waals surface area (Å²) in [6.45, 7) is 4.65. The Bertz CT molecular complexity index is 739. The molecule has 4 atom stereocenters. The molecule has 6 nitrogen and oxygen atoms in total. The Labute approximate surface area is 152 Å². The van der Waals surface area contributed by atoms with Crippen molar-refractivity contribution in [2.24, 2.45) is 29.6 Å². The number of carbonyl (C=O) groups is 3. The minimum Gasteiger partial charge on any atom is -0.481 e. The maximum atomic E-state index is 12.6. The van der Waals surface area contributed by atoms with E-state index in [1.165, 1.54) is 0 Å². The number of benzene rings is 1. The third-order valence-electron chi connectivity index (χ3n) is 5.13. The lowest BCUT2D eigenvalue weighted by Crippen LogP contribution is -2.36. The van der Waals surface area contributed by atoms with Crippen molar-refractivity contribution in [3.05, 3.63) is 42.0 Å². The van der Waals surface area contributed by atoms with E-state index < -0.39 is 17.8 Å². The zero-order chi connectivity index (χ0) is 18.8. The van der Waals surface area contributed by atoms with Crippen LogP contribution >= 0.6 is 0 Å². The first-order chi connectivity index (χ1) is 12.4. The summed E-state index contributed by atoms with van der Waals surface area (Å²) >= 11 is 0. The Morgan fingerprint density at radius 3 is 2.27 bits per heavy atom. The number of fused-ring (bicyclic) bond motifs is 2. The van der Waals surface area contributed by atoms with Crippen LogP contribution in [-0.2, 0) is 9.59 Å². The predicted molar refractivity (Wildman–Crippen MR) is 97.6 cm³/mol. The topological polar surface area (TPSA) is 95.5 Å². The molecule has 0 radical (unpaired) electrons. The summed E-state index contributed by atoms with van der Waals surface area (Å²) in [4.78, 5) is 36.2. The second kappa shape index (κ2) is 7.32. The van der Waals surface area contributed by atoms with Gasteiger partial charge in [0.15, 0.2) is 0 Å². The fourth-order valence-electron chi connectivity index (χ4n) is 3.85. The quantitative estimate of drug-likeness (QED) is 0.683. The van der Waals surface area contributed by atoms with E-state index in [0.29, 0.717) is 23.7 Å². The lowest BCUT2D eigenvalue weighted by molar-refractivity contribution is -0.146. The van der Waals surface area contributed by atoms with Gasteiger partial charge in [0.25, 0.3) is 5.91 Å². The van der Waals surface area contributed by atoms with Crippen molar-refractivity contribution in [2.75, 3.05) is 11.9 Å². The van der Waals surface area contributed by atoms with Gasteiger partial charge >= 0.3 is 5.97 Å². The van der Waals surface area contributed by atoms with Crippen LogP contribution in [0.2, 0.25) is 0 Å². The standard InChI is InChI=1S/C20H24N2O4/c1-11(2)10-21-18(23)12-5-7-15(8-6-12)22-19(24)16-13-3-4-14(9-13)17(16)20(25)26/h3-8,11,13-14,16-17H,9-10H2,1-2H3,(H,21,23)(H,22,24)(H,25,26). The average Bonchev–Trinajstić information content (AvgIpc) is 3.21. The zero-order valence-electron chi connectivity index (χ0n) is 14.9. The number of amides is 2. The SMILES string of the molecule is CC(C)CNC(=O)c1ccc(NC(=O)C2C3C=CC(C3)C2C(=O)O)cc1. The van der Waals surface area contributed by atoms with Crippen molar-refractivity contribution in [1.82, 2.24) is 5.32 Å². The van der Waals surface area contributed by atoms with Crippen molar-refractivity contribution < 1.29 is 19.5 Å². The van der Waals surface area contributed by atoms with Gasteiger partial charge in [-0.1, -0.05) is 26.0 Å². The number of anilines is 1. The summed E-state index contributed by atoms with van der Waals surface area (Å²) in [6.07, 6.45) is 4.60. The summed E-state index contributed by atoms with van der Waals surface area (Å²) in [5.41, 5.74) is 1.08. The molecule has 4 unspecified atom stereocenters. The Morgan fingerprint density at radius 1 is 1.08 bits per heavy atom. The zero-order valence-corrected chi connectivity index (χ0v) is 14.9. The monoisotopic (exact) mass is 356 g/mol. The van der Waals surface area contributed by atoms with Crippen molar-refractivity contribution in [3.8, 4) is 0 Å². The number of hydrogen-bond acceptors (Lipinski definition) is 3. The number of allylic oxidation sites excluding steroid dienone is 2. The average molecular weight is 356 g/mol. The van der Waals surface area contributed by atoms with E-state index >= 15 is 0 Å². The van der Waals surface area contributed by atoms with Gasteiger partial charge < -0.3 is 15.7 Å². The van der Waals surface area contributed by atoms with Crippen molar-refractivity contribution in [1.29, 1.82) is 0 Å². The van der Waals surface area contributed by atoms with E-state index in [9.17, 15) is 19.5 Å². The number of carboxylic acid groups (broad SMARTS) is 1. The van der Waals surface area contributed by atoms with Crippen LogP contribution < -0.4 is 10.6 Å². The molecule has 1 saturated carbocycles. The third kappa shape index (κ3) is 3.64. The van der Waals surface area contributed by atoms with Gasteiger partial charge in [-0.3, -0.25) is 14.4 Å². The molecule has 1 aromatic carbocycles. The highest BCUT2D eigenvalue weighted by Gasteiger charge is 2.51. The summed E-state index contributed by atoms with van der Waals surface area (Å²) in [5.74, 6) is -2.24. The second-order valence-corrected chi connectivity index (χ2v) is 7.51. The van der Waals surface area contributed by atoms with E-state index in [-0.39, 0.29) is 23.7 Å². The first-order valence-electron chi connectivity index (χ1n) is 8.97. The van der Waals surface area contributed by atoms with Gasteiger partial charge in [0, 0.05) is 17.8 Å². The Hall–Kier alpha value is -2.63. The molecule has 138 valence electrons. The molecule has 3 rings (SSSR count). The Morgan fingerprint density at radius 2 is 1.69 bits per heavy atom. The molecule has 0 aromatic heterocycles. The highest BCUT2D eigenvalue weighted by molar-refractivity contribution is 5.98. The first-order valence-corrected chi connectivity index (χ1v) is 8.97. The lowest BCUT2D eigenvalue weighted by Gasteiger charge is -2.23. The molecule has 1 fully saturated rings. The number of carbonyl (C=O) groups excluding carboxylic acids is 2. The fraction of sp³-hybridized carbons (Fsp3) is 0.450. The molecule has 6 heteroatoms. The van der Waals surface area contributed by atoms with Crippen molar-refractivity contribution in [3.63, 3.8) is 0 Å². The van der Waals surface area contributed by atoms with E-state index in [4.69, 9.17) is 0 Å². The minimum absolute atomic E-state index is 0.0119. The van der Waals surface area contributed by atoms with Gasteiger partial charge in [-0.2, -0.15) is 0 Å². The van der Waals surface area contributed by atoms with Gasteiger partial charge in [-0.15, -0.1) is 0 Å². The summed E-state index contributed by atoms with van der Waals surface area (Å²) in [5, 5.41) is 15.1. The molecule has 2 amide bonds. The molecule has 0 heterocycles. The van der Waals surface area contributed by atoms with Gasteiger partial charge in [0.1, 0.15) is 0 Å². The highest BCUT2D eigenvalue weighted by atomic mass is 16.4. The molecule has 1 aromatic rings. The largest absolute Gasteiger partial charge is 0.481 e. The van der Waals surface area contributed by atoms with E-state index in [1.54, 1.807) is 24.3 Å². The smallest absolute Gasteiger partial charge is 0.307 e. The van der Waals surface area contributed by atoms with Crippen molar-refractivity contribution in [2.45, 2.75) is 20.3 Å². The molecule has 3 N–H and O–H groups in total. The lowest BCUT2D eigenvalue weighted by atomic mass is 9.82. The molecule has 26 heavy (non-hydrogen) atoms. The molecule has 0 aliphatic heterocycles. The van der Waals surface area contributed by atoms with E-state index in [2.05, 4.69) is 10.6 Å². The fourth-order valence-corrected chi connectivity index (χ4v) is 3.85. The first kappa shape index (κ1) is 18.2. The van der Waals surface area contributed by atoms with Crippen LogP contribution in [-0.4, -0.2) is 29.4 Å². The van der Waals surface area contributed by atoms with Crippen LogP contribution in [0.1, 0.15) is 30.6 Å². The molecular weight excluding hydrogens is 332 g/mol. The van der Waals surface area contributed by atoms with Crippen LogP contribution in [0.15, 0.2) is 36.4 Å². The van der Waals surface area contributed by atoms with Crippen LogP contribution in [0.3, 0.4) is 0 Å². The Balaban J connectivity index is 1.64. The van der Waals surface area contributed by atoms with Gasteiger partial charge in [-0.05, 0) is 48.4 Å². The predicted octanol–water partition coefficient (Wildman–Crippen LogP) is 2.53. The molecule has 2 bridgehead atoms. The molecule has 2 aliphatic rings. The molecule has 2 aliphatic carbocycles. The number of carboxylic acids is 1. The van der Waals surface area contributed by atoms with Crippen LogP contribution in [0.5, 0.6) is 0 Å². The van der Waals surface area contributed by atoms with Crippen molar-refractivity contribution >= 4 is 23.5 Å². The van der Waals surface area contributed by atoms with E-state index in [0.717, 1.165) is 6.42 Å². The number of hydrogen-bond donors (Lipinski definition) is 3. The highest BCUT2D eigenvalue weighted by Crippen LogP contribution is 2.48. The van der Waals surface area contributed by atoms with Gasteiger partial charge in [-0.25, -0.2) is 0 Å². The molecular formula is C20H24N2O4. The maximum Gasteiger partial charge on any atom is 0.307 e. The molecule has 0 spiro atoms. The normalized spacial score (nSPS) is 26.1. The second-order valence-electron chi connectivity index (χ2n) is 7.51. The van der Waals surface area contributed by atoms with Crippen LogP contribution in [0.4, 0.5) is 5.69 Å². The Kier molecular flexibility index (Phi) is 5.11. The van der Waals surface area contributed by atoms with Crippen LogP contribution in [0, 0.1) is 29.6 Å². The number of nitrogens with one attached hydrogen (secondary N) is 2.